The molecule has 0 saturated carbocycles. The van der Waals surface area contributed by atoms with Crippen molar-refractivity contribution >= 4 is 17.8 Å². The molecule has 2 heterocycles. The van der Waals surface area contributed by atoms with Crippen LogP contribution in [0.3, 0.4) is 0 Å². The molecule has 2 aliphatic heterocycles. The molecule has 9 nitrogen and oxygen atoms in total. The first kappa shape index (κ1) is 21.1. The van der Waals surface area contributed by atoms with Crippen molar-refractivity contribution in [2.45, 2.75) is 31.1 Å². The topological polar surface area (TPSA) is 103 Å². The van der Waals surface area contributed by atoms with Gasteiger partial charge in [-0.15, -0.1) is 0 Å². The van der Waals surface area contributed by atoms with E-state index in [-0.39, 0.29) is 37.7 Å². The highest BCUT2D eigenvalue weighted by molar-refractivity contribution is 5.89. The number of benzene rings is 1. The molecule has 1 aromatic rings. The Morgan fingerprint density at radius 3 is 2.62 bits per heavy atom. The first-order valence-electron chi connectivity index (χ1n) is 9.63. The molecular formula is C20H26N2O7. The van der Waals surface area contributed by atoms with Gasteiger partial charge in [-0.2, -0.15) is 0 Å². The lowest BCUT2D eigenvalue weighted by atomic mass is 10.1. The summed E-state index contributed by atoms with van der Waals surface area (Å²) in [4.78, 5) is 38.0. The van der Waals surface area contributed by atoms with Gasteiger partial charge >= 0.3 is 5.97 Å². The first-order valence-corrected chi connectivity index (χ1v) is 9.63. The van der Waals surface area contributed by atoms with E-state index in [1.165, 1.54) is 12.0 Å². The van der Waals surface area contributed by atoms with Gasteiger partial charge in [-0.05, 0) is 18.6 Å². The average Bonchev–Trinajstić information content (AvgIpc) is 3.36. The lowest BCUT2D eigenvalue weighted by Crippen LogP contribution is -2.46. The Balaban J connectivity index is 1.42. The molecule has 1 spiro atoms. The standard InChI is InChI=1S/C20H26N2O7/c1-26-19(25)16-12-20(28-10-11-29-20)14-22(16)18(24)13-21-17(23)8-5-9-27-15-6-3-2-4-7-15/h2-4,6-7,16H,5,8-14H2,1H3,(H,21,23)/t16-/m0/s1. The number of rotatable bonds is 8. The van der Waals surface area contributed by atoms with Crippen LogP contribution in [-0.4, -0.2) is 74.5 Å². The van der Waals surface area contributed by atoms with Gasteiger partial charge in [0.1, 0.15) is 11.8 Å². The van der Waals surface area contributed by atoms with E-state index < -0.39 is 17.8 Å². The fourth-order valence-corrected chi connectivity index (χ4v) is 3.46. The molecule has 0 bridgehead atoms. The quantitative estimate of drug-likeness (QED) is 0.495. The minimum atomic E-state index is -0.965. The minimum Gasteiger partial charge on any atom is -0.494 e. The van der Waals surface area contributed by atoms with Gasteiger partial charge in [0.2, 0.25) is 11.8 Å². The van der Waals surface area contributed by atoms with Crippen LogP contribution in [0.15, 0.2) is 30.3 Å². The number of likely N-dealkylation sites (tertiary alicyclic amines) is 1. The summed E-state index contributed by atoms with van der Waals surface area (Å²) in [7, 11) is 1.27. The summed E-state index contributed by atoms with van der Waals surface area (Å²) in [5, 5.41) is 2.60. The SMILES string of the molecule is COC(=O)[C@@H]1CC2(CN1C(=O)CNC(=O)CCCOc1ccccc1)OCCO2. The van der Waals surface area contributed by atoms with Crippen molar-refractivity contribution in [1.29, 1.82) is 0 Å². The van der Waals surface area contributed by atoms with Crippen LogP contribution in [0, 0.1) is 0 Å². The molecule has 1 atom stereocenters. The summed E-state index contributed by atoms with van der Waals surface area (Å²) in [5.41, 5.74) is 0. The van der Waals surface area contributed by atoms with E-state index in [2.05, 4.69) is 5.32 Å². The van der Waals surface area contributed by atoms with Crippen molar-refractivity contribution in [1.82, 2.24) is 10.2 Å². The summed E-state index contributed by atoms with van der Waals surface area (Å²) in [5.74, 6) is -1.39. The zero-order valence-corrected chi connectivity index (χ0v) is 16.4. The van der Waals surface area contributed by atoms with Crippen LogP contribution >= 0.6 is 0 Å². The summed E-state index contributed by atoms with van der Waals surface area (Å²) in [6, 6.07) is 8.55. The van der Waals surface area contributed by atoms with E-state index in [1.54, 1.807) is 0 Å². The molecule has 0 aliphatic carbocycles. The van der Waals surface area contributed by atoms with Gasteiger partial charge in [0, 0.05) is 12.8 Å². The predicted molar refractivity (Wildman–Crippen MR) is 101 cm³/mol. The summed E-state index contributed by atoms with van der Waals surface area (Å²) >= 11 is 0. The van der Waals surface area contributed by atoms with Gasteiger partial charge in [-0.1, -0.05) is 18.2 Å². The Labute approximate surface area is 169 Å². The number of hydrogen-bond acceptors (Lipinski definition) is 7. The van der Waals surface area contributed by atoms with Crippen LogP contribution in [0.4, 0.5) is 0 Å². The summed E-state index contributed by atoms with van der Waals surface area (Å²) in [6.07, 6.45) is 0.973. The third-order valence-electron chi connectivity index (χ3n) is 4.90. The lowest BCUT2D eigenvalue weighted by molar-refractivity contribution is -0.152. The predicted octanol–water partition coefficient (Wildman–Crippen LogP) is 0.479. The number of nitrogens with zero attached hydrogens (tertiary/aromatic N) is 1. The maximum atomic E-state index is 12.6. The molecular weight excluding hydrogens is 380 g/mol. The largest absolute Gasteiger partial charge is 0.494 e. The van der Waals surface area contributed by atoms with Crippen molar-refractivity contribution < 1.29 is 33.3 Å². The molecule has 1 N–H and O–H groups in total. The fourth-order valence-electron chi connectivity index (χ4n) is 3.46. The number of carbonyl (C=O) groups excluding carboxylic acids is 3. The maximum absolute atomic E-state index is 12.6. The lowest BCUT2D eigenvalue weighted by Gasteiger charge is -2.23. The van der Waals surface area contributed by atoms with Gasteiger partial charge in [0.25, 0.3) is 0 Å². The zero-order chi connectivity index (χ0) is 20.7. The minimum absolute atomic E-state index is 0.131. The molecule has 2 aliphatic rings. The second-order valence-electron chi connectivity index (χ2n) is 6.91. The van der Waals surface area contributed by atoms with Gasteiger partial charge in [-0.25, -0.2) is 4.79 Å². The number of hydrogen-bond donors (Lipinski definition) is 1. The number of carbonyl (C=O) groups is 3. The van der Waals surface area contributed by atoms with E-state index >= 15 is 0 Å². The van der Waals surface area contributed by atoms with Crippen LogP contribution in [0.5, 0.6) is 5.75 Å². The molecule has 0 radical (unpaired) electrons. The number of esters is 1. The van der Waals surface area contributed by atoms with Gasteiger partial charge in [-0.3, -0.25) is 9.59 Å². The fraction of sp³-hybridized carbons (Fsp3) is 0.550. The number of amides is 2. The molecule has 0 aromatic heterocycles. The van der Waals surface area contributed by atoms with Crippen molar-refractivity contribution in [2.24, 2.45) is 0 Å². The Kier molecular flexibility index (Phi) is 7.05. The highest BCUT2D eigenvalue weighted by atomic mass is 16.7. The normalized spacial score (nSPS) is 19.9. The van der Waals surface area contributed by atoms with E-state index in [4.69, 9.17) is 18.9 Å². The van der Waals surface area contributed by atoms with E-state index in [9.17, 15) is 14.4 Å². The summed E-state index contributed by atoms with van der Waals surface area (Å²) in [6.45, 7) is 1.16. The first-order chi connectivity index (χ1) is 14.0. The van der Waals surface area contributed by atoms with E-state index in [0.717, 1.165) is 5.75 Å². The molecule has 3 rings (SSSR count). The molecule has 2 amide bonds. The third-order valence-corrected chi connectivity index (χ3v) is 4.90. The molecule has 9 heteroatoms. The Hall–Kier alpha value is -2.65. The van der Waals surface area contributed by atoms with Crippen molar-refractivity contribution in [3.63, 3.8) is 0 Å². The maximum Gasteiger partial charge on any atom is 0.328 e. The highest BCUT2D eigenvalue weighted by Gasteiger charge is 2.52. The van der Waals surface area contributed by atoms with Crippen molar-refractivity contribution in [3.05, 3.63) is 30.3 Å². The van der Waals surface area contributed by atoms with Gasteiger partial charge < -0.3 is 29.2 Å². The third kappa shape index (κ3) is 5.45. The average molecular weight is 406 g/mol. The monoisotopic (exact) mass is 406 g/mol. The van der Waals surface area contributed by atoms with E-state index in [0.29, 0.717) is 26.2 Å². The molecule has 1 aromatic carbocycles. The Bertz CT molecular complexity index is 719. The number of ether oxygens (including phenoxy) is 4. The van der Waals surface area contributed by atoms with Crippen LogP contribution in [0.1, 0.15) is 19.3 Å². The molecule has 0 unspecified atom stereocenters. The van der Waals surface area contributed by atoms with Crippen LogP contribution in [0.2, 0.25) is 0 Å². The summed E-state index contributed by atoms with van der Waals surface area (Å²) < 4.78 is 21.6. The zero-order valence-electron chi connectivity index (χ0n) is 16.4. The molecule has 158 valence electrons. The second kappa shape index (κ2) is 9.71. The molecule has 2 saturated heterocycles. The molecule has 29 heavy (non-hydrogen) atoms. The van der Waals surface area contributed by atoms with Crippen molar-refractivity contribution in [2.75, 3.05) is 40.0 Å². The number of nitrogens with one attached hydrogen (secondary N) is 1. The van der Waals surface area contributed by atoms with Crippen LogP contribution in [-0.2, 0) is 28.6 Å². The molecule has 2 fully saturated rings. The Morgan fingerprint density at radius 2 is 1.93 bits per heavy atom. The number of para-hydroxylation sites is 1. The number of methoxy groups -OCH3 is 1. The van der Waals surface area contributed by atoms with Crippen LogP contribution < -0.4 is 10.1 Å². The van der Waals surface area contributed by atoms with Crippen molar-refractivity contribution in [3.8, 4) is 5.75 Å². The highest BCUT2D eigenvalue weighted by Crippen LogP contribution is 2.35. The second-order valence-corrected chi connectivity index (χ2v) is 6.91. The van der Waals surface area contributed by atoms with Gasteiger partial charge in [0.05, 0.1) is 40.0 Å². The van der Waals surface area contributed by atoms with E-state index in [1.807, 2.05) is 30.3 Å². The Morgan fingerprint density at radius 1 is 1.21 bits per heavy atom. The van der Waals surface area contributed by atoms with Gasteiger partial charge in [0.15, 0.2) is 5.79 Å². The smallest absolute Gasteiger partial charge is 0.328 e. The van der Waals surface area contributed by atoms with Crippen LogP contribution in [0.25, 0.3) is 0 Å².